The number of hydrogen-bond acceptors (Lipinski definition) is 3. The first-order chi connectivity index (χ1) is 15.9. The zero-order valence-electron chi connectivity index (χ0n) is 19.5. The molecule has 0 amide bonds. The first-order valence-corrected chi connectivity index (χ1v) is 12.4. The van der Waals surface area contributed by atoms with Gasteiger partial charge in [-0.2, -0.15) is 10.2 Å². The Labute approximate surface area is 194 Å². The fourth-order valence-electron chi connectivity index (χ4n) is 6.25. The molecule has 6 heteroatoms. The van der Waals surface area contributed by atoms with Gasteiger partial charge in [0.15, 0.2) is 0 Å². The number of hydrogen-bond donors (Lipinski definition) is 1. The zero-order chi connectivity index (χ0) is 22.7. The normalized spacial score (nSPS) is 24.1. The van der Waals surface area contributed by atoms with E-state index in [4.69, 9.17) is 5.10 Å². The van der Waals surface area contributed by atoms with Gasteiger partial charge in [-0.1, -0.05) is 32.4 Å². The molecular formula is C27H32N4O2. The van der Waals surface area contributed by atoms with Crippen molar-refractivity contribution in [2.75, 3.05) is 0 Å². The lowest BCUT2D eigenvalue weighted by atomic mass is 9.80. The number of carbonyl (C=O) groups is 1. The van der Waals surface area contributed by atoms with E-state index in [0.717, 1.165) is 37.1 Å². The van der Waals surface area contributed by atoms with Gasteiger partial charge in [0.2, 0.25) is 0 Å². The van der Waals surface area contributed by atoms with Crippen molar-refractivity contribution in [1.29, 1.82) is 0 Å². The summed E-state index contributed by atoms with van der Waals surface area (Å²) in [6.07, 6.45) is 12.7. The van der Waals surface area contributed by atoms with Crippen molar-refractivity contribution in [3.05, 3.63) is 64.7 Å². The van der Waals surface area contributed by atoms with Gasteiger partial charge in [-0.3, -0.25) is 4.68 Å². The number of carboxylic acids is 1. The minimum atomic E-state index is -0.885. The molecule has 0 radical (unpaired) electrons. The molecule has 2 saturated carbocycles. The Kier molecular flexibility index (Phi) is 4.75. The number of rotatable bonds is 5. The molecule has 6 rings (SSSR count). The summed E-state index contributed by atoms with van der Waals surface area (Å²) in [6, 6.07) is 9.05. The summed E-state index contributed by atoms with van der Waals surface area (Å²) in [6.45, 7) is 4.71. The van der Waals surface area contributed by atoms with Gasteiger partial charge in [0.05, 0.1) is 29.8 Å². The van der Waals surface area contributed by atoms with Crippen molar-refractivity contribution in [1.82, 2.24) is 19.6 Å². The first kappa shape index (κ1) is 20.7. The van der Waals surface area contributed by atoms with E-state index in [-0.39, 0.29) is 5.41 Å². The molecule has 0 saturated heterocycles. The van der Waals surface area contributed by atoms with E-state index in [1.165, 1.54) is 48.7 Å². The molecular weight excluding hydrogens is 412 g/mol. The molecule has 0 bridgehead atoms. The molecule has 0 aliphatic heterocycles. The van der Waals surface area contributed by atoms with E-state index in [9.17, 15) is 9.90 Å². The first-order valence-electron chi connectivity index (χ1n) is 12.4. The Morgan fingerprint density at radius 2 is 1.94 bits per heavy atom. The topological polar surface area (TPSA) is 72.9 Å². The van der Waals surface area contributed by atoms with Gasteiger partial charge in [-0.25, -0.2) is 9.48 Å². The molecule has 2 atom stereocenters. The highest BCUT2D eigenvalue weighted by Crippen LogP contribution is 2.45. The molecule has 2 heterocycles. The van der Waals surface area contributed by atoms with Crippen LogP contribution in [0.1, 0.15) is 110 Å². The second-order valence-corrected chi connectivity index (χ2v) is 10.9. The molecule has 3 aliphatic carbocycles. The summed E-state index contributed by atoms with van der Waals surface area (Å²) in [7, 11) is 0. The molecule has 3 aromatic rings. The standard InChI is InChI=1S/C27H32N4O2/c1-27(2)12-11-20-15-28-31(25(20)27)22-8-4-6-19(14-22)18-5-3-7-21(13-18)30-24(17-9-10-17)23(16-29-30)26(32)33/h3,5,7,13,15-17,19,22H,4,6,8-12,14H2,1-2H3,(H,32,33). The summed E-state index contributed by atoms with van der Waals surface area (Å²) >= 11 is 0. The van der Waals surface area contributed by atoms with Gasteiger partial charge in [-0.05, 0) is 74.1 Å². The summed E-state index contributed by atoms with van der Waals surface area (Å²) in [5.41, 5.74) is 6.60. The largest absolute Gasteiger partial charge is 0.478 e. The van der Waals surface area contributed by atoms with Crippen molar-refractivity contribution < 1.29 is 9.90 Å². The van der Waals surface area contributed by atoms with Crippen molar-refractivity contribution in [2.24, 2.45) is 0 Å². The molecule has 2 fully saturated rings. The van der Waals surface area contributed by atoms with Crippen LogP contribution in [-0.4, -0.2) is 30.6 Å². The molecule has 0 spiro atoms. The van der Waals surface area contributed by atoms with Crippen LogP contribution in [0.2, 0.25) is 0 Å². The number of benzene rings is 1. The Hall–Kier alpha value is -2.89. The highest BCUT2D eigenvalue weighted by molar-refractivity contribution is 5.89. The van der Waals surface area contributed by atoms with E-state index in [1.807, 2.05) is 4.68 Å². The average Bonchev–Trinajstić information content (AvgIpc) is 3.27. The zero-order valence-corrected chi connectivity index (χ0v) is 19.5. The maximum atomic E-state index is 11.7. The minimum Gasteiger partial charge on any atom is -0.478 e. The van der Waals surface area contributed by atoms with Crippen molar-refractivity contribution in [3.63, 3.8) is 0 Å². The molecule has 2 aromatic heterocycles. The number of aromatic carboxylic acids is 1. The quantitative estimate of drug-likeness (QED) is 0.542. The molecule has 3 aliphatic rings. The second-order valence-electron chi connectivity index (χ2n) is 10.9. The Bertz CT molecular complexity index is 1220. The Morgan fingerprint density at radius 1 is 1.09 bits per heavy atom. The third kappa shape index (κ3) is 3.51. The van der Waals surface area contributed by atoms with Crippen LogP contribution in [0, 0.1) is 0 Å². The minimum absolute atomic E-state index is 0.208. The third-order valence-electron chi connectivity index (χ3n) is 8.11. The lowest BCUT2D eigenvalue weighted by Crippen LogP contribution is -2.25. The lowest BCUT2D eigenvalue weighted by molar-refractivity contribution is 0.0695. The van der Waals surface area contributed by atoms with Crippen LogP contribution < -0.4 is 0 Å². The van der Waals surface area contributed by atoms with E-state index >= 15 is 0 Å². The Morgan fingerprint density at radius 3 is 2.73 bits per heavy atom. The van der Waals surface area contributed by atoms with Crippen LogP contribution in [0.5, 0.6) is 0 Å². The maximum Gasteiger partial charge on any atom is 0.339 e. The van der Waals surface area contributed by atoms with Crippen molar-refractivity contribution in [3.8, 4) is 5.69 Å². The van der Waals surface area contributed by atoms with Gasteiger partial charge in [0, 0.05) is 17.0 Å². The maximum absolute atomic E-state index is 11.7. The SMILES string of the molecule is CC1(C)CCc2cnn(C3CCCC(c4cccc(-n5ncc(C(=O)O)c5C5CC5)c4)C3)c21. The van der Waals surface area contributed by atoms with Crippen LogP contribution in [0.15, 0.2) is 36.7 Å². The van der Waals surface area contributed by atoms with Gasteiger partial charge >= 0.3 is 5.97 Å². The van der Waals surface area contributed by atoms with Crippen molar-refractivity contribution >= 4 is 5.97 Å². The Balaban J connectivity index is 1.30. The van der Waals surface area contributed by atoms with E-state index in [2.05, 4.69) is 54.1 Å². The van der Waals surface area contributed by atoms with Crippen LogP contribution in [0.3, 0.4) is 0 Å². The third-order valence-corrected chi connectivity index (χ3v) is 8.11. The second kappa shape index (κ2) is 7.57. The summed E-state index contributed by atoms with van der Waals surface area (Å²) in [5, 5.41) is 19.0. The van der Waals surface area contributed by atoms with Crippen LogP contribution in [-0.2, 0) is 11.8 Å². The van der Waals surface area contributed by atoms with Crippen LogP contribution >= 0.6 is 0 Å². The lowest BCUT2D eigenvalue weighted by Gasteiger charge is -2.33. The fourth-order valence-corrected chi connectivity index (χ4v) is 6.25. The van der Waals surface area contributed by atoms with Gasteiger partial charge in [0.25, 0.3) is 0 Å². The van der Waals surface area contributed by atoms with E-state index < -0.39 is 5.97 Å². The molecule has 1 aromatic carbocycles. The number of nitrogens with zero attached hydrogens (tertiary/aromatic N) is 4. The monoisotopic (exact) mass is 444 g/mol. The smallest absolute Gasteiger partial charge is 0.339 e. The molecule has 6 nitrogen and oxygen atoms in total. The number of aryl methyl sites for hydroxylation is 1. The van der Waals surface area contributed by atoms with E-state index in [1.54, 1.807) is 0 Å². The molecule has 172 valence electrons. The molecule has 33 heavy (non-hydrogen) atoms. The predicted octanol–water partition coefficient (Wildman–Crippen LogP) is 5.77. The average molecular weight is 445 g/mol. The highest BCUT2D eigenvalue weighted by atomic mass is 16.4. The van der Waals surface area contributed by atoms with Crippen LogP contribution in [0.25, 0.3) is 5.69 Å². The van der Waals surface area contributed by atoms with E-state index in [0.29, 0.717) is 23.4 Å². The number of fused-ring (bicyclic) bond motifs is 1. The highest BCUT2D eigenvalue weighted by Gasteiger charge is 2.37. The van der Waals surface area contributed by atoms with Crippen molar-refractivity contribution in [2.45, 2.75) is 88.5 Å². The summed E-state index contributed by atoms with van der Waals surface area (Å²) < 4.78 is 4.23. The summed E-state index contributed by atoms with van der Waals surface area (Å²) in [4.78, 5) is 11.7. The van der Waals surface area contributed by atoms with Gasteiger partial charge in [-0.15, -0.1) is 0 Å². The summed E-state index contributed by atoms with van der Waals surface area (Å²) in [5.74, 6) is -0.0948. The van der Waals surface area contributed by atoms with Crippen LogP contribution in [0.4, 0.5) is 0 Å². The predicted molar refractivity (Wildman–Crippen MR) is 126 cm³/mol. The van der Waals surface area contributed by atoms with Gasteiger partial charge < -0.3 is 5.11 Å². The number of aromatic nitrogens is 4. The van der Waals surface area contributed by atoms with Gasteiger partial charge in [0.1, 0.15) is 5.56 Å². The number of carboxylic acid groups (broad SMARTS) is 1. The molecule has 1 N–H and O–H groups in total. The fraction of sp³-hybridized carbons (Fsp3) is 0.519. The molecule has 2 unspecified atom stereocenters.